The Labute approximate surface area is 227 Å². The summed E-state index contributed by atoms with van der Waals surface area (Å²) in [5, 5.41) is 4.21. The molecule has 7 heteroatoms. The van der Waals surface area contributed by atoms with Crippen LogP contribution in [0.15, 0.2) is 83.4 Å². The molecule has 0 radical (unpaired) electrons. The molecule has 0 N–H and O–H groups in total. The van der Waals surface area contributed by atoms with Crippen LogP contribution >= 0.6 is 0 Å². The molecule has 198 valence electrons. The van der Waals surface area contributed by atoms with Gasteiger partial charge in [-0.15, -0.1) is 0 Å². The van der Waals surface area contributed by atoms with Crippen LogP contribution in [0.3, 0.4) is 0 Å². The quantitative estimate of drug-likeness (QED) is 0.242. The van der Waals surface area contributed by atoms with Crippen LogP contribution in [-0.4, -0.2) is 35.3 Å². The lowest BCUT2D eigenvalue weighted by Gasteiger charge is -2.21. The number of aromatic nitrogens is 1. The van der Waals surface area contributed by atoms with Crippen molar-refractivity contribution in [3.8, 4) is 22.5 Å². The topological polar surface area (TPSA) is 81.9 Å². The van der Waals surface area contributed by atoms with E-state index in [1.807, 2.05) is 80.6 Å². The summed E-state index contributed by atoms with van der Waals surface area (Å²) in [5.41, 5.74) is 6.17. The highest BCUT2D eigenvalue weighted by molar-refractivity contribution is 5.87. The minimum atomic E-state index is -0.472. The van der Waals surface area contributed by atoms with Crippen molar-refractivity contribution in [3.63, 3.8) is 0 Å². The first kappa shape index (κ1) is 24.9. The van der Waals surface area contributed by atoms with Crippen molar-refractivity contribution in [2.75, 3.05) is 13.2 Å². The van der Waals surface area contributed by atoms with E-state index in [1.165, 1.54) is 0 Å². The first-order chi connectivity index (χ1) is 19.0. The molecule has 1 atom stereocenters. The molecule has 39 heavy (non-hydrogen) atoms. The highest BCUT2D eigenvalue weighted by atomic mass is 16.6. The molecule has 7 nitrogen and oxygen atoms in total. The van der Waals surface area contributed by atoms with E-state index in [1.54, 1.807) is 4.90 Å². The van der Waals surface area contributed by atoms with Crippen molar-refractivity contribution in [3.05, 3.63) is 101 Å². The van der Waals surface area contributed by atoms with Gasteiger partial charge in [0.1, 0.15) is 6.61 Å². The van der Waals surface area contributed by atoms with Crippen LogP contribution in [-0.2, 0) is 26.2 Å². The van der Waals surface area contributed by atoms with Crippen molar-refractivity contribution >= 4 is 12.1 Å². The van der Waals surface area contributed by atoms with E-state index >= 15 is 0 Å². The van der Waals surface area contributed by atoms with E-state index < -0.39 is 5.41 Å². The second-order valence-electron chi connectivity index (χ2n) is 10.2. The summed E-state index contributed by atoms with van der Waals surface area (Å²) in [7, 11) is 0. The molecule has 0 spiro atoms. The van der Waals surface area contributed by atoms with E-state index in [-0.39, 0.29) is 18.1 Å². The molecule has 4 aromatic rings. The number of esters is 1. The van der Waals surface area contributed by atoms with E-state index in [2.05, 4.69) is 17.3 Å². The number of aryl methyl sites for hydroxylation is 1. The second-order valence-corrected chi connectivity index (χ2v) is 10.2. The van der Waals surface area contributed by atoms with Crippen LogP contribution < -0.4 is 0 Å². The molecule has 1 saturated carbocycles. The molecule has 2 aliphatic rings. The monoisotopic (exact) mass is 522 g/mol. The van der Waals surface area contributed by atoms with Crippen molar-refractivity contribution in [1.82, 2.24) is 10.1 Å². The van der Waals surface area contributed by atoms with Gasteiger partial charge in [0.25, 0.3) is 0 Å². The lowest BCUT2D eigenvalue weighted by atomic mass is 9.93. The molecule has 2 fully saturated rings. The predicted molar refractivity (Wildman–Crippen MR) is 146 cm³/mol. The van der Waals surface area contributed by atoms with Gasteiger partial charge in [-0.2, -0.15) is 0 Å². The van der Waals surface area contributed by atoms with E-state index in [9.17, 15) is 9.59 Å². The Morgan fingerprint density at radius 2 is 1.62 bits per heavy atom. The summed E-state index contributed by atoms with van der Waals surface area (Å²) in [5.74, 6) is 0.517. The summed E-state index contributed by atoms with van der Waals surface area (Å²) >= 11 is 0. The number of ether oxygens (including phenoxy) is 2. The number of amides is 1. The fraction of sp³-hybridized carbons (Fsp3) is 0.281. The summed E-state index contributed by atoms with van der Waals surface area (Å²) in [4.78, 5) is 26.8. The molecular formula is C32H30N2O5. The van der Waals surface area contributed by atoms with E-state index in [4.69, 9.17) is 14.0 Å². The normalized spacial score (nSPS) is 17.6. The number of carbonyl (C=O) groups excluding carboxylic acids is 2. The van der Waals surface area contributed by atoms with E-state index in [0.29, 0.717) is 25.5 Å². The Morgan fingerprint density at radius 3 is 2.26 bits per heavy atom. The number of hydrogen-bond acceptors (Lipinski definition) is 6. The van der Waals surface area contributed by atoms with Gasteiger partial charge < -0.3 is 14.0 Å². The molecule has 3 aromatic carbocycles. The third kappa shape index (κ3) is 4.58. The Balaban J connectivity index is 1.22. The minimum absolute atomic E-state index is 0.127. The van der Waals surface area contributed by atoms with Gasteiger partial charge in [-0.1, -0.05) is 84.0 Å². The third-order valence-electron chi connectivity index (χ3n) is 7.81. The lowest BCUT2D eigenvalue weighted by molar-refractivity contribution is -0.146. The van der Waals surface area contributed by atoms with Gasteiger partial charge in [-0.05, 0) is 48.9 Å². The fourth-order valence-electron chi connectivity index (χ4n) is 5.35. The molecule has 1 aliphatic carbocycles. The molecule has 1 saturated heterocycles. The van der Waals surface area contributed by atoms with Gasteiger partial charge in [-0.25, -0.2) is 4.79 Å². The number of cyclic esters (lactones) is 1. The van der Waals surface area contributed by atoms with Crippen LogP contribution in [0.1, 0.15) is 48.2 Å². The third-order valence-corrected chi connectivity index (χ3v) is 7.81. The zero-order valence-electron chi connectivity index (χ0n) is 22.1. The van der Waals surface area contributed by atoms with Gasteiger partial charge in [0.15, 0.2) is 5.76 Å². The lowest BCUT2D eigenvalue weighted by Crippen LogP contribution is -2.27. The van der Waals surface area contributed by atoms with Gasteiger partial charge >= 0.3 is 12.1 Å². The Kier molecular flexibility index (Phi) is 6.43. The van der Waals surface area contributed by atoms with Crippen LogP contribution in [0, 0.1) is 6.92 Å². The average molecular weight is 523 g/mol. The van der Waals surface area contributed by atoms with Crippen LogP contribution in [0.4, 0.5) is 4.79 Å². The highest BCUT2D eigenvalue weighted by Crippen LogP contribution is 2.49. The van der Waals surface area contributed by atoms with Crippen LogP contribution in [0.5, 0.6) is 0 Å². The van der Waals surface area contributed by atoms with Crippen molar-refractivity contribution in [2.24, 2.45) is 0 Å². The zero-order chi connectivity index (χ0) is 27.0. The first-order valence-corrected chi connectivity index (χ1v) is 13.3. The maximum atomic E-state index is 12.6. The van der Waals surface area contributed by atoms with Crippen molar-refractivity contribution < 1.29 is 23.6 Å². The van der Waals surface area contributed by atoms with Crippen LogP contribution in [0.25, 0.3) is 22.5 Å². The molecular weight excluding hydrogens is 492 g/mol. The molecule has 1 aromatic heterocycles. The largest absolute Gasteiger partial charge is 0.465 e. The maximum absolute atomic E-state index is 12.6. The van der Waals surface area contributed by atoms with Gasteiger partial charge in [-0.3, -0.25) is 9.69 Å². The van der Waals surface area contributed by atoms with Gasteiger partial charge in [0.2, 0.25) is 0 Å². The molecule has 1 aliphatic heterocycles. The van der Waals surface area contributed by atoms with Crippen LogP contribution in [0.2, 0.25) is 0 Å². The Morgan fingerprint density at radius 1 is 0.974 bits per heavy atom. The fourth-order valence-corrected chi connectivity index (χ4v) is 5.35. The Bertz CT molecular complexity index is 1490. The molecule has 1 amide bonds. The summed E-state index contributed by atoms with van der Waals surface area (Å²) < 4.78 is 16.4. The number of nitrogens with zero attached hydrogens (tertiary/aromatic N) is 2. The highest BCUT2D eigenvalue weighted by Gasteiger charge is 2.52. The molecule has 0 bridgehead atoms. The molecule has 1 unspecified atom stereocenters. The minimum Gasteiger partial charge on any atom is -0.465 e. The van der Waals surface area contributed by atoms with Gasteiger partial charge in [0.05, 0.1) is 30.3 Å². The summed E-state index contributed by atoms with van der Waals surface area (Å²) in [6, 6.07) is 26.0. The van der Waals surface area contributed by atoms with Crippen molar-refractivity contribution in [1.29, 1.82) is 0 Å². The number of benzene rings is 3. The molecule has 2 heterocycles. The number of carbonyl (C=O) groups is 2. The Hall–Kier alpha value is -4.39. The smallest absolute Gasteiger partial charge is 0.410 e. The van der Waals surface area contributed by atoms with Gasteiger partial charge in [0, 0.05) is 11.1 Å². The summed E-state index contributed by atoms with van der Waals surface area (Å²) in [6.45, 7) is 4.78. The maximum Gasteiger partial charge on any atom is 0.410 e. The SMILES string of the molecule is CCOC(=O)C1(c2ccc(-c3ccc(-c4onc(C)c4CN4C(=O)OCC4c4ccccc4)cc3)cc2)CC1. The van der Waals surface area contributed by atoms with E-state index in [0.717, 1.165) is 51.9 Å². The van der Waals surface area contributed by atoms with Crippen molar-refractivity contribution in [2.45, 2.75) is 44.7 Å². The zero-order valence-corrected chi connectivity index (χ0v) is 22.1. The first-order valence-electron chi connectivity index (χ1n) is 13.3. The second kappa shape index (κ2) is 10.1. The summed E-state index contributed by atoms with van der Waals surface area (Å²) in [6.07, 6.45) is 1.32. The standard InChI is InChI=1S/C32H30N2O5/c1-3-37-30(35)32(17-18-32)26-15-13-23(14-16-26)22-9-11-25(12-10-22)29-27(21(2)33-39-29)19-34-28(20-38-31(34)36)24-7-5-4-6-8-24/h4-16,28H,3,17-20H2,1-2H3. The molecule has 6 rings (SSSR count). The number of rotatable bonds is 8. The number of hydrogen-bond donors (Lipinski definition) is 0. The predicted octanol–water partition coefficient (Wildman–Crippen LogP) is 6.61. The average Bonchev–Trinajstić information content (AvgIpc) is 3.60.